The predicted octanol–water partition coefficient (Wildman–Crippen LogP) is 2.65. The van der Waals surface area contributed by atoms with Gasteiger partial charge in [0.15, 0.2) is 5.65 Å². The summed E-state index contributed by atoms with van der Waals surface area (Å²) in [4.78, 5) is 17.1. The van der Waals surface area contributed by atoms with Crippen molar-refractivity contribution < 1.29 is 14.3 Å². The number of hydrogen-bond acceptors (Lipinski definition) is 4. The molecule has 2 N–H and O–H groups in total. The molecule has 0 radical (unpaired) electrons. The van der Waals surface area contributed by atoms with Crippen LogP contribution in [0.4, 0.5) is 4.39 Å². The number of fused-ring (bicyclic) bond motifs is 1. The zero-order valence-corrected chi connectivity index (χ0v) is 15.6. The first-order valence-corrected chi connectivity index (χ1v) is 9.59. The molecular formula is C21H23FN4O2. The molecule has 7 heteroatoms. The lowest BCUT2D eigenvalue weighted by atomic mass is 9.78. The highest BCUT2D eigenvalue weighted by Gasteiger charge is 2.38. The van der Waals surface area contributed by atoms with E-state index >= 15 is 0 Å². The molecule has 1 aliphatic rings. The molecule has 1 fully saturated rings. The molecule has 0 spiro atoms. The molecule has 3 aromatic rings. The smallest absolute Gasteiger partial charge is 0.256 e. The van der Waals surface area contributed by atoms with E-state index in [4.69, 9.17) is 5.11 Å². The number of aliphatic hydroxyl groups is 1. The van der Waals surface area contributed by atoms with Crippen LogP contribution in [0.2, 0.25) is 0 Å². The van der Waals surface area contributed by atoms with Gasteiger partial charge < -0.3 is 10.4 Å². The van der Waals surface area contributed by atoms with E-state index in [1.54, 1.807) is 23.0 Å². The number of rotatable bonds is 6. The lowest BCUT2D eigenvalue weighted by Crippen LogP contribution is -2.39. The van der Waals surface area contributed by atoms with E-state index in [0.717, 1.165) is 31.2 Å². The second-order valence-electron chi connectivity index (χ2n) is 7.41. The van der Waals surface area contributed by atoms with E-state index in [1.807, 2.05) is 12.1 Å². The minimum Gasteiger partial charge on any atom is -0.396 e. The molecule has 146 valence electrons. The molecule has 1 saturated carbocycles. The predicted molar refractivity (Wildman–Crippen MR) is 103 cm³/mol. The Bertz CT molecular complexity index is 995. The summed E-state index contributed by atoms with van der Waals surface area (Å²) in [7, 11) is 0. The van der Waals surface area contributed by atoms with Crippen LogP contribution in [0.3, 0.4) is 0 Å². The Balaban J connectivity index is 1.55. The Morgan fingerprint density at radius 2 is 2.04 bits per heavy atom. The third-order valence-corrected chi connectivity index (χ3v) is 5.65. The van der Waals surface area contributed by atoms with Gasteiger partial charge in [0.1, 0.15) is 11.4 Å². The SMILES string of the molecule is O=C(NCC1(c2ccccc2F)CCCC1)c1cnn2cc(CCO)cnc12. The molecular weight excluding hydrogens is 359 g/mol. The molecule has 0 unspecified atom stereocenters. The molecule has 2 aromatic heterocycles. The number of aliphatic hydroxyl groups excluding tert-OH is 1. The number of hydrogen-bond donors (Lipinski definition) is 2. The van der Waals surface area contributed by atoms with Gasteiger partial charge in [0.05, 0.1) is 6.20 Å². The van der Waals surface area contributed by atoms with E-state index in [2.05, 4.69) is 15.4 Å². The number of carbonyl (C=O) groups is 1. The number of amides is 1. The maximum atomic E-state index is 14.4. The molecule has 0 aliphatic heterocycles. The number of nitrogens with one attached hydrogen (secondary N) is 1. The van der Waals surface area contributed by atoms with Crippen LogP contribution in [0.5, 0.6) is 0 Å². The van der Waals surface area contributed by atoms with Gasteiger partial charge in [-0.15, -0.1) is 0 Å². The standard InChI is InChI=1S/C21H23FN4O2/c22-18-6-2-1-5-17(18)21(8-3-4-9-21)14-24-20(28)16-12-25-26-13-15(7-10-27)11-23-19(16)26/h1-2,5-6,11-13,27H,3-4,7-10,14H2,(H,24,28). The average molecular weight is 382 g/mol. The number of nitrogens with zero attached hydrogens (tertiary/aromatic N) is 3. The first-order valence-electron chi connectivity index (χ1n) is 9.59. The zero-order valence-electron chi connectivity index (χ0n) is 15.6. The average Bonchev–Trinajstić information content (AvgIpc) is 3.34. The van der Waals surface area contributed by atoms with Gasteiger partial charge in [0, 0.05) is 31.0 Å². The second-order valence-corrected chi connectivity index (χ2v) is 7.41. The quantitative estimate of drug-likeness (QED) is 0.687. The van der Waals surface area contributed by atoms with Crippen molar-refractivity contribution in [2.24, 2.45) is 0 Å². The highest BCUT2D eigenvalue weighted by Crippen LogP contribution is 2.41. The molecule has 1 amide bonds. The summed E-state index contributed by atoms with van der Waals surface area (Å²) in [5, 5.41) is 16.2. The molecule has 0 atom stereocenters. The highest BCUT2D eigenvalue weighted by atomic mass is 19.1. The van der Waals surface area contributed by atoms with Crippen molar-refractivity contribution >= 4 is 11.6 Å². The third-order valence-electron chi connectivity index (χ3n) is 5.65. The minimum absolute atomic E-state index is 0.0277. The van der Waals surface area contributed by atoms with Gasteiger partial charge in [0.2, 0.25) is 0 Å². The molecule has 6 nitrogen and oxygen atoms in total. The zero-order chi connectivity index (χ0) is 19.6. The van der Waals surface area contributed by atoms with Gasteiger partial charge in [-0.3, -0.25) is 4.79 Å². The second kappa shape index (κ2) is 7.67. The molecule has 1 aliphatic carbocycles. The van der Waals surface area contributed by atoms with Crippen molar-refractivity contribution in [3.8, 4) is 0 Å². The Morgan fingerprint density at radius 1 is 1.25 bits per heavy atom. The molecule has 4 rings (SSSR count). The van der Waals surface area contributed by atoms with Crippen LogP contribution < -0.4 is 5.32 Å². The van der Waals surface area contributed by atoms with Crippen LogP contribution in [0.15, 0.2) is 42.9 Å². The Morgan fingerprint density at radius 3 is 2.79 bits per heavy atom. The lowest BCUT2D eigenvalue weighted by Gasteiger charge is -2.30. The van der Waals surface area contributed by atoms with Crippen molar-refractivity contribution in [2.45, 2.75) is 37.5 Å². The van der Waals surface area contributed by atoms with Crippen LogP contribution in [0.1, 0.15) is 47.2 Å². The van der Waals surface area contributed by atoms with Crippen molar-refractivity contribution in [3.63, 3.8) is 0 Å². The number of aromatic nitrogens is 3. The molecule has 2 heterocycles. The molecule has 0 saturated heterocycles. The monoisotopic (exact) mass is 382 g/mol. The largest absolute Gasteiger partial charge is 0.396 e. The topological polar surface area (TPSA) is 79.5 Å². The molecule has 28 heavy (non-hydrogen) atoms. The van der Waals surface area contributed by atoms with E-state index < -0.39 is 0 Å². The van der Waals surface area contributed by atoms with Crippen LogP contribution in [0.25, 0.3) is 5.65 Å². The lowest BCUT2D eigenvalue weighted by molar-refractivity contribution is 0.0944. The molecule has 0 bridgehead atoms. The van der Waals surface area contributed by atoms with E-state index in [9.17, 15) is 9.18 Å². The van der Waals surface area contributed by atoms with Gasteiger partial charge in [-0.05, 0) is 36.5 Å². The first-order chi connectivity index (χ1) is 13.6. The van der Waals surface area contributed by atoms with E-state index in [-0.39, 0.29) is 23.7 Å². The minimum atomic E-state index is -0.369. The fourth-order valence-electron chi connectivity index (χ4n) is 4.16. The number of halogens is 1. The summed E-state index contributed by atoms with van der Waals surface area (Å²) in [6.07, 6.45) is 9.12. The van der Waals surface area contributed by atoms with E-state index in [0.29, 0.717) is 29.7 Å². The Labute approximate surface area is 162 Å². The van der Waals surface area contributed by atoms with Gasteiger partial charge in [0.25, 0.3) is 5.91 Å². The molecule has 1 aromatic carbocycles. The summed E-state index contributed by atoms with van der Waals surface area (Å²) in [5.74, 6) is -0.479. The fourth-order valence-corrected chi connectivity index (χ4v) is 4.16. The Hall–Kier alpha value is -2.80. The van der Waals surface area contributed by atoms with E-state index in [1.165, 1.54) is 12.3 Å². The van der Waals surface area contributed by atoms with Crippen LogP contribution in [-0.2, 0) is 11.8 Å². The van der Waals surface area contributed by atoms with Gasteiger partial charge >= 0.3 is 0 Å². The van der Waals surface area contributed by atoms with Crippen LogP contribution in [-0.4, -0.2) is 38.8 Å². The van der Waals surface area contributed by atoms with Gasteiger partial charge in [-0.25, -0.2) is 13.9 Å². The van der Waals surface area contributed by atoms with Crippen molar-refractivity contribution in [3.05, 3.63) is 65.4 Å². The summed E-state index contributed by atoms with van der Waals surface area (Å²) in [5.41, 5.74) is 2.00. The van der Waals surface area contributed by atoms with Crippen molar-refractivity contribution in [2.75, 3.05) is 13.2 Å². The summed E-state index contributed by atoms with van der Waals surface area (Å²) < 4.78 is 16.0. The normalized spacial score (nSPS) is 15.8. The number of benzene rings is 1. The maximum Gasteiger partial charge on any atom is 0.256 e. The van der Waals surface area contributed by atoms with Crippen LogP contribution in [0, 0.1) is 5.82 Å². The highest BCUT2D eigenvalue weighted by molar-refractivity contribution is 5.99. The van der Waals surface area contributed by atoms with Crippen molar-refractivity contribution in [1.82, 2.24) is 19.9 Å². The third kappa shape index (κ3) is 3.38. The summed E-state index contributed by atoms with van der Waals surface area (Å²) in [6.45, 7) is 0.409. The van der Waals surface area contributed by atoms with Crippen LogP contribution >= 0.6 is 0 Å². The van der Waals surface area contributed by atoms with Gasteiger partial charge in [-0.1, -0.05) is 31.0 Å². The number of carbonyl (C=O) groups excluding carboxylic acids is 1. The van der Waals surface area contributed by atoms with Crippen molar-refractivity contribution in [1.29, 1.82) is 0 Å². The maximum absolute atomic E-state index is 14.4. The summed E-state index contributed by atoms with van der Waals surface area (Å²) in [6, 6.07) is 6.85. The Kier molecular flexibility index (Phi) is 5.09. The van der Waals surface area contributed by atoms with Gasteiger partial charge in [-0.2, -0.15) is 5.10 Å². The fraction of sp³-hybridized carbons (Fsp3) is 0.381. The first kappa shape index (κ1) is 18.6. The summed E-state index contributed by atoms with van der Waals surface area (Å²) >= 11 is 0.